The van der Waals surface area contributed by atoms with Crippen molar-refractivity contribution in [2.45, 2.75) is 51.3 Å². The van der Waals surface area contributed by atoms with Crippen molar-refractivity contribution in [1.82, 2.24) is 9.03 Å². The molecule has 1 aliphatic heterocycles. The fourth-order valence-corrected chi connectivity index (χ4v) is 4.02. The van der Waals surface area contributed by atoms with Gasteiger partial charge in [-0.2, -0.15) is 12.7 Å². The van der Waals surface area contributed by atoms with E-state index in [1.165, 1.54) is 0 Å². The van der Waals surface area contributed by atoms with Gasteiger partial charge in [0.1, 0.15) is 0 Å². The maximum atomic E-state index is 12.1. The van der Waals surface area contributed by atoms with Crippen LogP contribution in [0.3, 0.4) is 0 Å². The molecule has 6 heteroatoms. The van der Waals surface area contributed by atoms with Crippen LogP contribution in [0.4, 0.5) is 0 Å². The third-order valence-electron chi connectivity index (χ3n) is 3.12. The minimum Gasteiger partial charge on any atom is -0.201 e. The number of rotatable bonds is 6. The largest absolute Gasteiger partial charge is 0.279 e. The van der Waals surface area contributed by atoms with E-state index in [1.54, 1.807) is 4.31 Å². The molecular weight excluding hydrogens is 272 g/mol. The molecule has 0 aromatic carbocycles. The van der Waals surface area contributed by atoms with Gasteiger partial charge in [0, 0.05) is 25.0 Å². The molecular formula is C12H25ClN2O2S. The van der Waals surface area contributed by atoms with Gasteiger partial charge in [0.15, 0.2) is 0 Å². The SMILES string of the molecule is CC(C)CC(Cl)CNS(=O)(=O)N1CCCCCC1. The van der Waals surface area contributed by atoms with Crippen LogP contribution in [0.5, 0.6) is 0 Å². The van der Waals surface area contributed by atoms with Crippen LogP contribution in [0.25, 0.3) is 0 Å². The zero-order valence-corrected chi connectivity index (χ0v) is 12.9. The van der Waals surface area contributed by atoms with Crippen molar-refractivity contribution >= 4 is 21.8 Å². The zero-order valence-electron chi connectivity index (χ0n) is 11.4. The standard InChI is InChI=1S/C12H25ClN2O2S/c1-11(2)9-12(13)10-14-18(16,17)15-7-5-3-4-6-8-15/h11-12,14H,3-10H2,1-2H3. The predicted octanol–water partition coefficient (Wildman–Crippen LogP) is 2.35. The van der Waals surface area contributed by atoms with E-state index in [1.807, 2.05) is 0 Å². The number of halogens is 1. The Bertz CT molecular complexity index is 325. The van der Waals surface area contributed by atoms with Gasteiger partial charge >= 0.3 is 0 Å². The van der Waals surface area contributed by atoms with E-state index in [0.717, 1.165) is 32.1 Å². The van der Waals surface area contributed by atoms with Crippen molar-refractivity contribution < 1.29 is 8.42 Å². The summed E-state index contributed by atoms with van der Waals surface area (Å²) in [7, 11) is -3.34. The summed E-state index contributed by atoms with van der Waals surface area (Å²) in [6.07, 6.45) is 4.98. The Balaban J connectivity index is 2.43. The van der Waals surface area contributed by atoms with E-state index >= 15 is 0 Å². The normalized spacial score (nSPS) is 20.9. The Morgan fingerprint density at radius 2 is 1.72 bits per heavy atom. The fourth-order valence-electron chi connectivity index (χ4n) is 2.16. The minimum absolute atomic E-state index is 0.133. The van der Waals surface area contributed by atoms with E-state index in [-0.39, 0.29) is 5.38 Å². The highest BCUT2D eigenvalue weighted by atomic mass is 35.5. The number of hydrogen-bond donors (Lipinski definition) is 1. The molecule has 18 heavy (non-hydrogen) atoms. The highest BCUT2D eigenvalue weighted by Gasteiger charge is 2.23. The lowest BCUT2D eigenvalue weighted by Gasteiger charge is -2.21. The van der Waals surface area contributed by atoms with Crippen LogP contribution in [0.2, 0.25) is 0 Å². The zero-order chi connectivity index (χ0) is 13.6. The lowest BCUT2D eigenvalue weighted by Crippen LogP contribution is -2.43. The van der Waals surface area contributed by atoms with E-state index in [0.29, 0.717) is 25.6 Å². The number of nitrogens with zero attached hydrogens (tertiary/aromatic N) is 1. The van der Waals surface area contributed by atoms with Gasteiger partial charge in [0.25, 0.3) is 10.2 Å². The van der Waals surface area contributed by atoms with Gasteiger partial charge < -0.3 is 0 Å². The molecule has 1 aliphatic rings. The van der Waals surface area contributed by atoms with Crippen molar-refractivity contribution in [2.75, 3.05) is 19.6 Å². The fraction of sp³-hybridized carbons (Fsp3) is 1.00. The summed E-state index contributed by atoms with van der Waals surface area (Å²) in [5.74, 6) is 0.482. The third kappa shape index (κ3) is 5.87. The topological polar surface area (TPSA) is 49.4 Å². The highest BCUT2D eigenvalue weighted by molar-refractivity contribution is 7.87. The number of alkyl halides is 1. The average Bonchev–Trinajstić information content (AvgIpc) is 2.54. The molecule has 1 N–H and O–H groups in total. The number of hydrogen-bond acceptors (Lipinski definition) is 2. The Morgan fingerprint density at radius 3 is 2.22 bits per heavy atom. The Morgan fingerprint density at radius 1 is 1.17 bits per heavy atom. The predicted molar refractivity (Wildman–Crippen MR) is 76.1 cm³/mol. The van der Waals surface area contributed by atoms with E-state index in [9.17, 15) is 8.42 Å². The van der Waals surface area contributed by atoms with Gasteiger partial charge in [0.2, 0.25) is 0 Å². The van der Waals surface area contributed by atoms with Crippen LogP contribution in [-0.4, -0.2) is 37.7 Å². The lowest BCUT2D eigenvalue weighted by atomic mass is 10.1. The summed E-state index contributed by atoms with van der Waals surface area (Å²) >= 11 is 6.11. The molecule has 0 bridgehead atoms. The van der Waals surface area contributed by atoms with Crippen LogP contribution in [0, 0.1) is 5.92 Å². The van der Waals surface area contributed by atoms with Crippen molar-refractivity contribution in [1.29, 1.82) is 0 Å². The summed E-state index contributed by atoms with van der Waals surface area (Å²) in [6.45, 7) is 5.74. The first-order valence-corrected chi connectivity index (χ1v) is 8.68. The molecule has 1 rings (SSSR count). The molecule has 0 aromatic rings. The summed E-state index contributed by atoms with van der Waals surface area (Å²) in [4.78, 5) is 0. The van der Waals surface area contributed by atoms with Gasteiger partial charge in [-0.05, 0) is 25.2 Å². The van der Waals surface area contributed by atoms with Crippen molar-refractivity contribution in [3.8, 4) is 0 Å². The molecule has 1 fully saturated rings. The third-order valence-corrected chi connectivity index (χ3v) is 5.03. The van der Waals surface area contributed by atoms with Crippen LogP contribution >= 0.6 is 11.6 Å². The monoisotopic (exact) mass is 296 g/mol. The van der Waals surface area contributed by atoms with Gasteiger partial charge in [-0.1, -0.05) is 26.7 Å². The van der Waals surface area contributed by atoms with Crippen LogP contribution in [0.1, 0.15) is 46.0 Å². The van der Waals surface area contributed by atoms with Gasteiger partial charge in [-0.15, -0.1) is 11.6 Å². The van der Waals surface area contributed by atoms with Crippen molar-refractivity contribution in [3.63, 3.8) is 0 Å². The van der Waals surface area contributed by atoms with Crippen molar-refractivity contribution in [2.24, 2.45) is 5.92 Å². The first kappa shape index (κ1) is 16.2. The van der Waals surface area contributed by atoms with Gasteiger partial charge in [0.05, 0.1) is 0 Å². The van der Waals surface area contributed by atoms with Gasteiger partial charge in [-0.25, -0.2) is 4.72 Å². The average molecular weight is 297 g/mol. The maximum Gasteiger partial charge on any atom is 0.279 e. The van der Waals surface area contributed by atoms with Gasteiger partial charge in [-0.3, -0.25) is 0 Å². The van der Waals surface area contributed by atoms with Crippen LogP contribution in [-0.2, 0) is 10.2 Å². The second kappa shape index (κ2) is 7.68. The molecule has 0 aromatic heterocycles. The molecule has 1 heterocycles. The number of nitrogens with one attached hydrogen (secondary N) is 1. The smallest absolute Gasteiger partial charge is 0.201 e. The molecule has 1 unspecified atom stereocenters. The van der Waals surface area contributed by atoms with E-state index in [2.05, 4.69) is 18.6 Å². The molecule has 0 radical (unpaired) electrons. The van der Waals surface area contributed by atoms with Crippen LogP contribution in [0.15, 0.2) is 0 Å². The van der Waals surface area contributed by atoms with E-state index < -0.39 is 10.2 Å². The van der Waals surface area contributed by atoms with Crippen molar-refractivity contribution in [3.05, 3.63) is 0 Å². The lowest BCUT2D eigenvalue weighted by molar-refractivity contribution is 0.413. The minimum atomic E-state index is -3.34. The first-order valence-electron chi connectivity index (χ1n) is 6.80. The molecule has 108 valence electrons. The Kier molecular flexibility index (Phi) is 6.92. The summed E-state index contributed by atoms with van der Waals surface area (Å²) < 4.78 is 28.4. The molecule has 0 amide bonds. The molecule has 0 saturated carbocycles. The summed E-state index contributed by atoms with van der Waals surface area (Å²) in [6, 6.07) is 0. The molecule has 1 atom stereocenters. The second-order valence-corrected chi connectivity index (χ2v) is 7.77. The molecule has 0 aliphatic carbocycles. The quantitative estimate of drug-likeness (QED) is 0.765. The molecule has 0 spiro atoms. The van der Waals surface area contributed by atoms with Crippen LogP contribution < -0.4 is 4.72 Å². The second-order valence-electron chi connectivity index (χ2n) is 5.39. The van der Waals surface area contributed by atoms with E-state index in [4.69, 9.17) is 11.6 Å². The highest BCUT2D eigenvalue weighted by Crippen LogP contribution is 2.14. The maximum absolute atomic E-state index is 12.1. The summed E-state index contributed by atoms with van der Waals surface area (Å²) in [5.41, 5.74) is 0. The molecule has 1 saturated heterocycles. The summed E-state index contributed by atoms with van der Waals surface area (Å²) in [5, 5.41) is -0.133. The Hall–Kier alpha value is 0.160. The molecule has 4 nitrogen and oxygen atoms in total. The first-order chi connectivity index (χ1) is 8.42. The Labute approximate surface area is 116 Å².